The zero-order valence-electron chi connectivity index (χ0n) is 10.2. The van der Waals surface area contributed by atoms with Gasteiger partial charge < -0.3 is 16.0 Å². The zero-order chi connectivity index (χ0) is 12.5. The number of rotatable bonds is 2. The SMILES string of the molecule is CC1(C)C(=O)NCCN1c1cccc(CN)n1. The minimum Gasteiger partial charge on any atom is -0.352 e. The van der Waals surface area contributed by atoms with E-state index in [0.717, 1.165) is 18.1 Å². The van der Waals surface area contributed by atoms with Gasteiger partial charge in [0.1, 0.15) is 11.4 Å². The van der Waals surface area contributed by atoms with E-state index in [4.69, 9.17) is 5.73 Å². The van der Waals surface area contributed by atoms with E-state index in [1.807, 2.05) is 36.9 Å². The molecule has 1 aromatic rings. The number of carbonyl (C=O) groups excluding carboxylic acids is 1. The van der Waals surface area contributed by atoms with Crippen LogP contribution in [0.25, 0.3) is 0 Å². The predicted molar refractivity (Wildman–Crippen MR) is 66.6 cm³/mol. The van der Waals surface area contributed by atoms with Crippen LogP contribution in [0.4, 0.5) is 5.82 Å². The van der Waals surface area contributed by atoms with Crippen molar-refractivity contribution in [1.82, 2.24) is 10.3 Å². The molecule has 0 unspecified atom stereocenters. The molecular formula is C12H18N4O. The van der Waals surface area contributed by atoms with Crippen molar-refractivity contribution in [3.8, 4) is 0 Å². The molecule has 2 rings (SSSR count). The number of hydrogen-bond donors (Lipinski definition) is 2. The topological polar surface area (TPSA) is 71.2 Å². The number of piperazine rings is 1. The summed E-state index contributed by atoms with van der Waals surface area (Å²) in [5, 5.41) is 2.87. The molecule has 0 atom stereocenters. The second kappa shape index (κ2) is 4.33. The smallest absolute Gasteiger partial charge is 0.245 e. The predicted octanol–water partition coefficient (Wildman–Crippen LogP) is 0.255. The first-order valence-electron chi connectivity index (χ1n) is 5.77. The van der Waals surface area contributed by atoms with Gasteiger partial charge in [0.15, 0.2) is 0 Å². The van der Waals surface area contributed by atoms with Gasteiger partial charge in [0.05, 0.1) is 5.69 Å². The summed E-state index contributed by atoms with van der Waals surface area (Å²) in [6.45, 7) is 5.63. The molecule has 2 heterocycles. The number of anilines is 1. The number of amides is 1. The summed E-state index contributed by atoms with van der Waals surface area (Å²) in [6.07, 6.45) is 0. The molecule has 92 valence electrons. The van der Waals surface area contributed by atoms with Gasteiger partial charge in [0.2, 0.25) is 5.91 Å². The van der Waals surface area contributed by atoms with Crippen LogP contribution in [0.3, 0.4) is 0 Å². The normalized spacial score (nSPS) is 19.0. The van der Waals surface area contributed by atoms with Crippen molar-refractivity contribution in [2.45, 2.75) is 25.9 Å². The number of pyridine rings is 1. The highest BCUT2D eigenvalue weighted by atomic mass is 16.2. The van der Waals surface area contributed by atoms with E-state index in [9.17, 15) is 4.79 Å². The van der Waals surface area contributed by atoms with Crippen molar-refractivity contribution in [1.29, 1.82) is 0 Å². The van der Waals surface area contributed by atoms with Crippen LogP contribution < -0.4 is 16.0 Å². The summed E-state index contributed by atoms with van der Waals surface area (Å²) in [4.78, 5) is 18.3. The highest BCUT2D eigenvalue weighted by Gasteiger charge is 2.38. The lowest BCUT2D eigenvalue weighted by Gasteiger charge is -2.42. The Morgan fingerprint density at radius 2 is 2.29 bits per heavy atom. The average molecular weight is 234 g/mol. The largest absolute Gasteiger partial charge is 0.352 e. The Morgan fingerprint density at radius 3 is 3.00 bits per heavy atom. The van der Waals surface area contributed by atoms with Gasteiger partial charge in [-0.1, -0.05) is 6.07 Å². The summed E-state index contributed by atoms with van der Waals surface area (Å²) in [6, 6.07) is 5.73. The van der Waals surface area contributed by atoms with Gasteiger partial charge in [0.25, 0.3) is 0 Å². The Balaban J connectivity index is 2.34. The number of aromatic nitrogens is 1. The molecule has 3 N–H and O–H groups in total. The Bertz CT molecular complexity index is 430. The average Bonchev–Trinajstić information content (AvgIpc) is 2.32. The van der Waals surface area contributed by atoms with Crippen LogP contribution in [0.5, 0.6) is 0 Å². The standard InChI is InChI=1S/C12H18N4O/c1-12(2)11(17)14-6-7-16(12)10-5-3-4-9(8-13)15-10/h3-5H,6-8,13H2,1-2H3,(H,14,17). The number of nitrogens with two attached hydrogens (primary N) is 1. The first-order chi connectivity index (χ1) is 8.05. The molecule has 5 heteroatoms. The molecule has 0 radical (unpaired) electrons. The van der Waals surface area contributed by atoms with Crippen LogP contribution >= 0.6 is 0 Å². The maximum atomic E-state index is 11.8. The van der Waals surface area contributed by atoms with Gasteiger partial charge in [-0.25, -0.2) is 4.98 Å². The molecule has 1 aliphatic heterocycles. The number of hydrogen-bond acceptors (Lipinski definition) is 4. The van der Waals surface area contributed by atoms with Gasteiger partial charge >= 0.3 is 0 Å². The molecule has 0 aliphatic carbocycles. The van der Waals surface area contributed by atoms with E-state index in [1.54, 1.807) is 0 Å². The fourth-order valence-electron chi connectivity index (χ4n) is 2.03. The summed E-state index contributed by atoms with van der Waals surface area (Å²) < 4.78 is 0. The lowest BCUT2D eigenvalue weighted by Crippen LogP contribution is -2.62. The summed E-state index contributed by atoms with van der Waals surface area (Å²) >= 11 is 0. The van der Waals surface area contributed by atoms with Crippen molar-refractivity contribution in [3.63, 3.8) is 0 Å². The number of nitrogens with one attached hydrogen (secondary N) is 1. The van der Waals surface area contributed by atoms with Crippen molar-refractivity contribution in [2.24, 2.45) is 5.73 Å². The zero-order valence-corrected chi connectivity index (χ0v) is 10.2. The van der Waals surface area contributed by atoms with Crippen molar-refractivity contribution in [3.05, 3.63) is 23.9 Å². The summed E-state index contributed by atoms with van der Waals surface area (Å²) in [5.74, 6) is 0.844. The van der Waals surface area contributed by atoms with Gasteiger partial charge in [-0.3, -0.25) is 4.79 Å². The molecule has 0 aromatic carbocycles. The van der Waals surface area contributed by atoms with E-state index in [-0.39, 0.29) is 5.91 Å². The van der Waals surface area contributed by atoms with E-state index in [2.05, 4.69) is 10.3 Å². The van der Waals surface area contributed by atoms with Crippen LogP contribution in [0.2, 0.25) is 0 Å². The van der Waals surface area contributed by atoms with Gasteiger partial charge in [0, 0.05) is 19.6 Å². The van der Waals surface area contributed by atoms with Crippen LogP contribution in [0.15, 0.2) is 18.2 Å². The Labute approximate surface area is 101 Å². The van der Waals surface area contributed by atoms with Crippen molar-refractivity contribution >= 4 is 11.7 Å². The highest BCUT2D eigenvalue weighted by Crippen LogP contribution is 2.24. The third-order valence-electron chi connectivity index (χ3n) is 3.13. The second-order valence-electron chi connectivity index (χ2n) is 4.66. The summed E-state index contributed by atoms with van der Waals surface area (Å²) in [7, 11) is 0. The molecule has 0 saturated carbocycles. The fourth-order valence-corrected chi connectivity index (χ4v) is 2.03. The molecule has 5 nitrogen and oxygen atoms in total. The van der Waals surface area contributed by atoms with Gasteiger partial charge in [-0.15, -0.1) is 0 Å². The minimum absolute atomic E-state index is 0.0312. The molecule has 0 spiro atoms. The Morgan fingerprint density at radius 1 is 1.53 bits per heavy atom. The van der Waals surface area contributed by atoms with Crippen LogP contribution in [0, 0.1) is 0 Å². The maximum absolute atomic E-state index is 11.8. The molecule has 1 aromatic heterocycles. The van der Waals surface area contributed by atoms with Crippen LogP contribution in [-0.4, -0.2) is 29.5 Å². The molecule has 0 bridgehead atoms. The van der Waals surface area contributed by atoms with E-state index >= 15 is 0 Å². The van der Waals surface area contributed by atoms with Crippen molar-refractivity contribution < 1.29 is 4.79 Å². The minimum atomic E-state index is -0.571. The molecule has 17 heavy (non-hydrogen) atoms. The molecule has 1 saturated heterocycles. The number of carbonyl (C=O) groups is 1. The molecular weight excluding hydrogens is 216 g/mol. The molecule has 1 fully saturated rings. The molecule has 1 aliphatic rings. The Kier molecular flexibility index (Phi) is 3.02. The lowest BCUT2D eigenvalue weighted by molar-refractivity contribution is -0.126. The highest BCUT2D eigenvalue weighted by molar-refractivity contribution is 5.90. The van der Waals surface area contributed by atoms with E-state index < -0.39 is 5.54 Å². The first-order valence-corrected chi connectivity index (χ1v) is 5.77. The van der Waals surface area contributed by atoms with Crippen LogP contribution in [-0.2, 0) is 11.3 Å². The van der Waals surface area contributed by atoms with Gasteiger partial charge in [-0.05, 0) is 26.0 Å². The number of nitrogens with zero attached hydrogens (tertiary/aromatic N) is 2. The second-order valence-corrected chi connectivity index (χ2v) is 4.66. The maximum Gasteiger partial charge on any atom is 0.245 e. The van der Waals surface area contributed by atoms with Crippen molar-refractivity contribution in [2.75, 3.05) is 18.0 Å². The van der Waals surface area contributed by atoms with Crippen LogP contribution in [0.1, 0.15) is 19.5 Å². The molecule has 1 amide bonds. The Hall–Kier alpha value is -1.62. The van der Waals surface area contributed by atoms with E-state index in [0.29, 0.717) is 13.1 Å². The van der Waals surface area contributed by atoms with Gasteiger partial charge in [-0.2, -0.15) is 0 Å². The first kappa shape index (κ1) is 11.9. The van der Waals surface area contributed by atoms with E-state index in [1.165, 1.54) is 0 Å². The summed E-state index contributed by atoms with van der Waals surface area (Å²) in [5.41, 5.74) is 5.85. The monoisotopic (exact) mass is 234 g/mol. The third kappa shape index (κ3) is 2.10. The lowest BCUT2D eigenvalue weighted by atomic mass is 9.99. The quantitative estimate of drug-likeness (QED) is 0.769. The fraction of sp³-hybridized carbons (Fsp3) is 0.500. The third-order valence-corrected chi connectivity index (χ3v) is 3.13.